The van der Waals surface area contributed by atoms with E-state index >= 15 is 0 Å². The molecule has 75 heavy (non-hydrogen) atoms. The van der Waals surface area contributed by atoms with Crippen molar-refractivity contribution in [1.82, 2.24) is 0 Å². The molecular weight excluding hydrogens is 1040 g/mol. The molecule has 2 aromatic carbocycles. The Morgan fingerprint density at radius 1 is 0.360 bits per heavy atom. The number of carbonyl (C=O) groups excluding carboxylic acids is 4. The standard InChI is InChI=1S/2C25H38O4.2C8H17.Sn/c2*1-2-3-4-5-6-7-8-9-10-11-12-13-14-15-18-21-29-25(28)23-20-17-16-19-22(23)24(26)27;2*1-3-5-7-8-6-4-2;/h2*4-5,16-17,19-20H,2-3,6-15,18,21H2,1H3,(H,26,27);2*1,3-8H2,2H3;/q;;;;+2/p-2/b2*5-4+;;;. The van der Waals surface area contributed by atoms with Crippen LogP contribution in [0.3, 0.4) is 0 Å². The number of allylic oxidation sites excluding steroid dienone is 4. The molecule has 0 unspecified atom stereocenters. The predicted molar refractivity (Wildman–Crippen MR) is 315 cm³/mol. The Morgan fingerprint density at radius 2 is 0.613 bits per heavy atom. The van der Waals surface area contributed by atoms with Crippen molar-refractivity contribution in [2.24, 2.45) is 0 Å². The number of aromatic carboxylic acids is 2. The van der Waals surface area contributed by atoms with E-state index in [2.05, 4.69) is 65.8 Å². The van der Waals surface area contributed by atoms with Crippen molar-refractivity contribution in [3.05, 3.63) is 109 Å². The van der Waals surface area contributed by atoms with Crippen LogP contribution in [-0.4, -0.2) is 61.0 Å². The maximum Gasteiger partial charge on any atom is 2.00 e. The zero-order valence-corrected chi connectivity index (χ0v) is 51.2. The Kier molecular flexibility index (Phi) is 62.1. The molecule has 0 saturated carbocycles. The van der Waals surface area contributed by atoms with E-state index in [1.54, 1.807) is 24.3 Å². The fourth-order valence-electron chi connectivity index (χ4n) is 8.09. The van der Waals surface area contributed by atoms with E-state index in [1.807, 2.05) is 0 Å². The molecule has 0 aliphatic heterocycles. The molecule has 0 aliphatic carbocycles. The van der Waals surface area contributed by atoms with Gasteiger partial charge in [-0.2, -0.15) is 0 Å². The van der Waals surface area contributed by atoms with Crippen LogP contribution in [0.25, 0.3) is 0 Å². The fraction of sp³-hybridized carbons (Fsp3) is 0.667. The van der Waals surface area contributed by atoms with Gasteiger partial charge in [-0.15, -0.1) is 0 Å². The quantitative estimate of drug-likeness (QED) is 0.0277. The van der Waals surface area contributed by atoms with E-state index in [0.717, 1.165) is 51.4 Å². The minimum absolute atomic E-state index is 0. The molecule has 0 heterocycles. The van der Waals surface area contributed by atoms with E-state index in [9.17, 15) is 29.4 Å². The summed E-state index contributed by atoms with van der Waals surface area (Å²) in [6, 6.07) is 12.0. The predicted octanol–water partition coefficient (Wildman–Crippen LogP) is 17.7. The third-order valence-electron chi connectivity index (χ3n) is 12.7. The topological polar surface area (TPSA) is 133 Å². The average Bonchev–Trinajstić information content (AvgIpc) is 3.41. The van der Waals surface area contributed by atoms with Gasteiger partial charge in [0.2, 0.25) is 0 Å². The summed E-state index contributed by atoms with van der Waals surface area (Å²) in [6.07, 6.45) is 56.7. The van der Waals surface area contributed by atoms with Crippen LogP contribution in [0.5, 0.6) is 0 Å². The first-order valence-electron chi connectivity index (χ1n) is 30.0. The third-order valence-corrected chi connectivity index (χ3v) is 12.7. The third kappa shape index (κ3) is 51.1. The molecule has 0 fully saturated rings. The Bertz CT molecular complexity index is 1510. The van der Waals surface area contributed by atoms with Crippen molar-refractivity contribution < 1.29 is 38.9 Å². The Morgan fingerprint density at radius 3 is 0.893 bits per heavy atom. The maximum absolute atomic E-state index is 12.0. The van der Waals surface area contributed by atoms with Crippen LogP contribution in [0.1, 0.15) is 313 Å². The van der Waals surface area contributed by atoms with Gasteiger partial charge in [-0.3, -0.25) is 0 Å². The number of hydrogen-bond acceptors (Lipinski definition) is 8. The SMILES string of the molecule is CCC/C=C/CCCCCCCCCCCCOC(=O)c1ccccc1C(=O)[O-].CCC/C=C/CCCCCCCCCCCCOC(=O)c1ccccc1C(=O)[O-].[CH2]CCCCCCC.[CH2]CCCCCCC.[Sn+2]. The Balaban J connectivity index is -0.00000106. The van der Waals surface area contributed by atoms with Gasteiger partial charge in [0.15, 0.2) is 0 Å². The zero-order valence-electron chi connectivity index (χ0n) is 48.4. The van der Waals surface area contributed by atoms with Gasteiger partial charge in [-0.25, -0.2) is 9.59 Å². The fourth-order valence-corrected chi connectivity index (χ4v) is 8.09. The van der Waals surface area contributed by atoms with E-state index < -0.39 is 23.9 Å². The van der Waals surface area contributed by atoms with Gasteiger partial charge in [0.25, 0.3) is 0 Å². The summed E-state index contributed by atoms with van der Waals surface area (Å²) in [7, 11) is 0. The van der Waals surface area contributed by atoms with Crippen LogP contribution in [-0.2, 0) is 9.47 Å². The van der Waals surface area contributed by atoms with Crippen LogP contribution in [0.15, 0.2) is 72.8 Å². The number of unbranched alkanes of at least 4 members (excludes halogenated alkanes) is 32. The number of esters is 2. The van der Waals surface area contributed by atoms with Crippen molar-refractivity contribution in [1.29, 1.82) is 0 Å². The first-order chi connectivity index (χ1) is 36.2. The van der Waals surface area contributed by atoms with Crippen molar-refractivity contribution in [3.8, 4) is 0 Å². The second kappa shape index (κ2) is 61.5. The number of carboxylic acids is 2. The molecular formula is C66H108O8Sn. The Labute approximate surface area is 477 Å². The smallest absolute Gasteiger partial charge is 0.545 e. The Hall–Kier alpha value is -3.40. The molecule has 0 bridgehead atoms. The van der Waals surface area contributed by atoms with Crippen molar-refractivity contribution in [2.45, 2.75) is 272 Å². The zero-order chi connectivity index (χ0) is 54.8. The summed E-state index contributed by atoms with van der Waals surface area (Å²) >= 11 is 0. The number of ether oxygens (including phenoxy) is 2. The van der Waals surface area contributed by atoms with Crippen LogP contribution in [0.4, 0.5) is 0 Å². The first-order valence-corrected chi connectivity index (χ1v) is 30.0. The second-order valence-corrected chi connectivity index (χ2v) is 19.6. The van der Waals surface area contributed by atoms with E-state index in [4.69, 9.17) is 9.47 Å². The number of carboxylic acid groups (broad SMARTS) is 2. The van der Waals surface area contributed by atoms with Gasteiger partial charge in [-0.05, 0) is 63.5 Å². The van der Waals surface area contributed by atoms with Gasteiger partial charge in [0.1, 0.15) is 0 Å². The molecule has 0 spiro atoms. The van der Waals surface area contributed by atoms with Gasteiger partial charge in [-0.1, -0.05) is 295 Å². The molecule has 0 N–H and O–H groups in total. The van der Waals surface area contributed by atoms with Crippen molar-refractivity contribution >= 4 is 47.8 Å². The summed E-state index contributed by atoms with van der Waals surface area (Å²) in [6.45, 7) is 17.1. The molecule has 4 radical (unpaired) electrons. The van der Waals surface area contributed by atoms with E-state index in [-0.39, 0.29) is 46.2 Å². The number of benzene rings is 2. The molecule has 0 aliphatic rings. The number of hydrogen-bond donors (Lipinski definition) is 0. The van der Waals surface area contributed by atoms with Crippen molar-refractivity contribution in [3.63, 3.8) is 0 Å². The molecule has 0 amide bonds. The summed E-state index contributed by atoms with van der Waals surface area (Å²) in [5.41, 5.74) is -0.120. The largest absolute Gasteiger partial charge is 2.00 e. The number of carbonyl (C=O) groups is 4. The van der Waals surface area contributed by atoms with Gasteiger partial charge >= 0.3 is 35.8 Å². The van der Waals surface area contributed by atoms with E-state index in [1.165, 1.54) is 217 Å². The molecule has 2 rings (SSSR count). The van der Waals surface area contributed by atoms with Gasteiger partial charge in [0, 0.05) is 11.1 Å². The van der Waals surface area contributed by atoms with Crippen LogP contribution >= 0.6 is 0 Å². The van der Waals surface area contributed by atoms with Gasteiger partial charge < -0.3 is 29.3 Å². The minimum Gasteiger partial charge on any atom is -0.545 e. The molecule has 0 aromatic heterocycles. The molecule has 0 saturated heterocycles. The van der Waals surface area contributed by atoms with Crippen LogP contribution < -0.4 is 10.2 Å². The molecule has 2 aromatic rings. The average molecular weight is 1150 g/mol. The second-order valence-electron chi connectivity index (χ2n) is 19.6. The monoisotopic (exact) mass is 1150 g/mol. The molecule has 0 atom stereocenters. The summed E-state index contributed by atoms with van der Waals surface area (Å²) in [5, 5.41) is 22.1. The van der Waals surface area contributed by atoms with Crippen LogP contribution in [0.2, 0.25) is 0 Å². The first kappa shape index (κ1) is 75.8. The van der Waals surface area contributed by atoms with Crippen molar-refractivity contribution in [2.75, 3.05) is 13.2 Å². The summed E-state index contributed by atoms with van der Waals surface area (Å²) in [5.74, 6) is -3.90. The number of rotatable bonds is 44. The maximum atomic E-state index is 12.0. The van der Waals surface area contributed by atoms with Crippen LogP contribution in [0, 0.1) is 13.8 Å². The minimum atomic E-state index is -1.36. The summed E-state index contributed by atoms with van der Waals surface area (Å²) < 4.78 is 10.4. The normalized spacial score (nSPS) is 10.6. The van der Waals surface area contributed by atoms with E-state index in [0.29, 0.717) is 13.2 Å². The molecule has 8 nitrogen and oxygen atoms in total. The van der Waals surface area contributed by atoms with Gasteiger partial charge in [0.05, 0.1) is 36.3 Å². The molecule has 424 valence electrons. The summed E-state index contributed by atoms with van der Waals surface area (Å²) in [4.78, 5) is 46.1. The molecule has 9 heteroatoms.